The van der Waals surface area contributed by atoms with Crippen LogP contribution in [0.5, 0.6) is 11.5 Å². The summed E-state index contributed by atoms with van der Waals surface area (Å²) in [6.07, 6.45) is 11.2. The maximum absolute atomic E-state index is 5.94. The molecule has 1 aliphatic carbocycles. The van der Waals surface area contributed by atoms with Crippen LogP contribution in [0.2, 0.25) is 0 Å². The molecule has 2 unspecified atom stereocenters. The van der Waals surface area contributed by atoms with Crippen molar-refractivity contribution in [3.63, 3.8) is 0 Å². The highest BCUT2D eigenvalue weighted by atomic mass is 32.2. The van der Waals surface area contributed by atoms with Gasteiger partial charge >= 0.3 is 0 Å². The predicted octanol–water partition coefficient (Wildman–Crippen LogP) is 3.68. The van der Waals surface area contributed by atoms with Crippen LogP contribution in [0.3, 0.4) is 0 Å². The van der Waals surface area contributed by atoms with Gasteiger partial charge in [0.2, 0.25) is 0 Å². The number of hydrogen-bond donors (Lipinski definition) is 0. The molecule has 156 valence electrons. The van der Waals surface area contributed by atoms with E-state index in [0.29, 0.717) is 24.6 Å². The van der Waals surface area contributed by atoms with Crippen molar-refractivity contribution in [3.8, 4) is 11.5 Å². The lowest BCUT2D eigenvalue weighted by atomic mass is 9.97. The fraction of sp³-hybridized carbons (Fsp3) is 0.522. The van der Waals surface area contributed by atoms with Gasteiger partial charge in [-0.15, -0.1) is 0 Å². The van der Waals surface area contributed by atoms with Crippen molar-refractivity contribution >= 4 is 16.9 Å². The summed E-state index contributed by atoms with van der Waals surface area (Å²) in [7, 11) is 3.90. The second-order valence-corrected chi connectivity index (χ2v) is 8.82. The number of likely N-dealkylation sites (tertiary alicyclic amines) is 1. The molecule has 0 aromatic heterocycles. The average molecular weight is 414 g/mol. The van der Waals surface area contributed by atoms with Gasteiger partial charge in [-0.05, 0) is 25.0 Å². The van der Waals surface area contributed by atoms with E-state index in [4.69, 9.17) is 14.5 Å². The zero-order valence-electron chi connectivity index (χ0n) is 17.4. The molecule has 1 aromatic rings. The van der Waals surface area contributed by atoms with Gasteiger partial charge in [-0.1, -0.05) is 48.2 Å². The van der Waals surface area contributed by atoms with E-state index in [1.165, 1.54) is 18.0 Å². The van der Waals surface area contributed by atoms with E-state index >= 15 is 0 Å². The number of hydrogen-bond acceptors (Lipinski definition) is 6. The first kappa shape index (κ1) is 20.4. The van der Waals surface area contributed by atoms with Crippen LogP contribution >= 0.6 is 11.8 Å². The first-order chi connectivity index (χ1) is 14.2. The molecular formula is C23H31N3O2S. The van der Waals surface area contributed by atoms with Gasteiger partial charge in [-0.3, -0.25) is 9.89 Å². The maximum atomic E-state index is 5.94. The number of ether oxygens (including phenoxy) is 2. The number of amidine groups is 1. The van der Waals surface area contributed by atoms with Crippen molar-refractivity contribution in [1.29, 1.82) is 0 Å². The summed E-state index contributed by atoms with van der Waals surface area (Å²) in [5.74, 6) is 3.31. The van der Waals surface area contributed by atoms with Gasteiger partial charge in [-0.25, -0.2) is 0 Å². The molecule has 2 heterocycles. The zero-order chi connectivity index (χ0) is 20.1. The standard InChI is InChI=1S/C23H31N3O2S/c1-25(23-24-20-8-4-3-7-18(20)17-29-23)19-11-13-26(14-12-19)15-16-28-22-10-6-5-9-21(22)27-2/h3-10,18-20H,11-17H2,1-2H3. The van der Waals surface area contributed by atoms with Gasteiger partial charge in [-0.2, -0.15) is 0 Å². The smallest absolute Gasteiger partial charge is 0.161 e. The Morgan fingerprint density at radius 2 is 1.90 bits per heavy atom. The molecule has 0 radical (unpaired) electrons. The predicted molar refractivity (Wildman–Crippen MR) is 121 cm³/mol. The minimum absolute atomic E-state index is 0.325. The van der Waals surface area contributed by atoms with Crippen molar-refractivity contribution in [1.82, 2.24) is 9.80 Å². The highest BCUT2D eigenvalue weighted by molar-refractivity contribution is 8.13. The van der Waals surface area contributed by atoms with Crippen LogP contribution in [0.15, 0.2) is 53.6 Å². The first-order valence-corrected chi connectivity index (χ1v) is 11.5. The molecule has 1 saturated heterocycles. The summed E-state index contributed by atoms with van der Waals surface area (Å²) in [6, 6.07) is 8.74. The summed E-state index contributed by atoms with van der Waals surface area (Å²) in [6.45, 7) is 3.85. The van der Waals surface area contributed by atoms with Crippen LogP contribution in [-0.2, 0) is 0 Å². The van der Waals surface area contributed by atoms with Gasteiger partial charge in [0.1, 0.15) is 6.61 Å². The number of nitrogens with zero attached hydrogens (tertiary/aromatic N) is 3. The van der Waals surface area contributed by atoms with Crippen LogP contribution in [0.25, 0.3) is 0 Å². The monoisotopic (exact) mass is 413 g/mol. The van der Waals surface area contributed by atoms with Gasteiger partial charge in [0.25, 0.3) is 0 Å². The summed E-state index contributed by atoms with van der Waals surface area (Å²) in [4.78, 5) is 9.95. The third-order valence-corrected chi connectivity index (χ3v) is 7.22. The molecule has 0 spiro atoms. The number of allylic oxidation sites excluding steroid dienone is 2. The molecule has 3 aliphatic rings. The van der Waals surface area contributed by atoms with E-state index in [1.807, 2.05) is 36.0 Å². The average Bonchev–Trinajstić information content (AvgIpc) is 2.79. The fourth-order valence-electron chi connectivity index (χ4n) is 4.17. The van der Waals surface area contributed by atoms with E-state index < -0.39 is 0 Å². The van der Waals surface area contributed by atoms with Crippen molar-refractivity contribution < 1.29 is 9.47 Å². The van der Waals surface area contributed by atoms with Crippen LogP contribution in [-0.4, -0.2) is 73.2 Å². The molecule has 2 aliphatic heterocycles. The minimum atomic E-state index is 0.325. The highest BCUT2D eigenvalue weighted by Gasteiger charge is 2.29. The lowest BCUT2D eigenvalue weighted by Gasteiger charge is -2.39. The Hall–Kier alpha value is -1.92. The SMILES string of the molecule is COc1ccccc1OCCN1CCC(N(C)C2=NC3C=CC=CC3CS2)CC1. The number of aliphatic imine (C=N–C) groups is 1. The third kappa shape index (κ3) is 4.98. The quantitative estimate of drug-likeness (QED) is 0.711. The molecule has 4 rings (SSSR count). The second-order valence-electron chi connectivity index (χ2n) is 7.83. The Balaban J connectivity index is 1.23. The van der Waals surface area contributed by atoms with Gasteiger partial charge in [0.05, 0.1) is 13.2 Å². The van der Waals surface area contributed by atoms with Crippen LogP contribution in [0.1, 0.15) is 12.8 Å². The van der Waals surface area contributed by atoms with E-state index in [1.54, 1.807) is 7.11 Å². The Morgan fingerprint density at radius 3 is 2.69 bits per heavy atom. The number of fused-ring (bicyclic) bond motifs is 1. The van der Waals surface area contributed by atoms with E-state index in [2.05, 4.69) is 41.2 Å². The Kier molecular flexibility index (Phi) is 6.82. The number of benzene rings is 1. The van der Waals surface area contributed by atoms with Gasteiger partial charge in [0.15, 0.2) is 16.7 Å². The minimum Gasteiger partial charge on any atom is -0.493 e. The summed E-state index contributed by atoms with van der Waals surface area (Å²) in [5.41, 5.74) is 0. The van der Waals surface area contributed by atoms with Crippen LogP contribution in [0, 0.1) is 5.92 Å². The number of thioether (sulfide) groups is 1. The third-order valence-electron chi connectivity index (χ3n) is 6.02. The Morgan fingerprint density at radius 1 is 1.14 bits per heavy atom. The van der Waals surface area contributed by atoms with Crippen LogP contribution < -0.4 is 9.47 Å². The summed E-state index contributed by atoms with van der Waals surface area (Å²) < 4.78 is 11.3. The van der Waals surface area contributed by atoms with E-state index in [-0.39, 0.29) is 0 Å². The normalized spacial score (nSPS) is 24.7. The molecule has 0 N–H and O–H groups in total. The molecule has 5 nitrogen and oxygen atoms in total. The second kappa shape index (κ2) is 9.72. The van der Waals surface area contributed by atoms with Gasteiger partial charge < -0.3 is 14.4 Å². The maximum Gasteiger partial charge on any atom is 0.161 e. The lowest BCUT2D eigenvalue weighted by molar-refractivity contribution is 0.143. The van der Waals surface area contributed by atoms with Crippen molar-refractivity contribution in [2.75, 3.05) is 46.2 Å². The summed E-state index contributed by atoms with van der Waals surface area (Å²) >= 11 is 1.91. The largest absolute Gasteiger partial charge is 0.493 e. The lowest BCUT2D eigenvalue weighted by Crippen LogP contribution is -2.47. The summed E-state index contributed by atoms with van der Waals surface area (Å²) in [5, 5.41) is 1.21. The number of methoxy groups -OCH3 is 1. The molecule has 0 amide bonds. The number of rotatable bonds is 6. The number of para-hydroxylation sites is 2. The molecular weight excluding hydrogens is 382 g/mol. The molecule has 29 heavy (non-hydrogen) atoms. The van der Waals surface area contributed by atoms with Crippen molar-refractivity contribution in [2.24, 2.45) is 10.9 Å². The van der Waals surface area contributed by atoms with Crippen molar-refractivity contribution in [2.45, 2.75) is 24.9 Å². The van der Waals surface area contributed by atoms with E-state index in [0.717, 1.165) is 36.9 Å². The molecule has 1 aromatic carbocycles. The van der Waals surface area contributed by atoms with Crippen molar-refractivity contribution in [3.05, 3.63) is 48.6 Å². The first-order valence-electron chi connectivity index (χ1n) is 10.5. The van der Waals surface area contributed by atoms with Crippen LogP contribution in [0.4, 0.5) is 0 Å². The molecule has 0 bridgehead atoms. The van der Waals surface area contributed by atoms with Gasteiger partial charge in [0, 0.05) is 44.4 Å². The topological polar surface area (TPSA) is 37.3 Å². The molecule has 2 atom stereocenters. The molecule has 6 heteroatoms. The zero-order valence-corrected chi connectivity index (χ0v) is 18.2. The van der Waals surface area contributed by atoms with E-state index in [9.17, 15) is 0 Å². The number of piperidine rings is 1. The highest BCUT2D eigenvalue weighted by Crippen LogP contribution is 2.30. The molecule has 1 fully saturated rings. The Labute approximate surface area is 178 Å². The Bertz CT molecular complexity index is 771. The fourth-order valence-corrected chi connectivity index (χ4v) is 5.37. The molecule has 0 saturated carbocycles.